The van der Waals surface area contributed by atoms with Gasteiger partial charge < -0.3 is 15.0 Å². The molecule has 4 heterocycles. The van der Waals surface area contributed by atoms with Crippen LogP contribution in [-0.4, -0.2) is 73.9 Å². The lowest BCUT2D eigenvalue weighted by Crippen LogP contribution is -2.50. The van der Waals surface area contributed by atoms with Gasteiger partial charge in [-0.05, 0) is 51.1 Å². The maximum atomic E-state index is 13.1. The maximum absolute atomic E-state index is 13.1. The van der Waals surface area contributed by atoms with Gasteiger partial charge in [0.1, 0.15) is 9.81 Å². The molecule has 182 valence electrons. The first-order valence-corrected chi connectivity index (χ1v) is 14.1. The van der Waals surface area contributed by atoms with Crippen LogP contribution in [0, 0.1) is 0 Å². The molecule has 33 heavy (non-hydrogen) atoms. The number of esters is 1. The second-order valence-corrected chi connectivity index (χ2v) is 12.3. The molecule has 0 aromatic carbocycles. The van der Waals surface area contributed by atoms with Gasteiger partial charge in [-0.25, -0.2) is 13.2 Å². The zero-order valence-corrected chi connectivity index (χ0v) is 21.0. The van der Waals surface area contributed by atoms with Crippen LogP contribution in [0.5, 0.6) is 0 Å². The van der Waals surface area contributed by atoms with Crippen LogP contribution in [0.3, 0.4) is 0 Å². The highest BCUT2D eigenvalue weighted by Gasteiger charge is 2.52. The molecule has 1 spiro atoms. The summed E-state index contributed by atoms with van der Waals surface area (Å²) < 4.78 is 33.1. The van der Waals surface area contributed by atoms with E-state index in [9.17, 15) is 18.0 Å². The van der Waals surface area contributed by atoms with Crippen molar-refractivity contribution >= 4 is 33.2 Å². The quantitative estimate of drug-likeness (QED) is 0.461. The van der Waals surface area contributed by atoms with Crippen molar-refractivity contribution in [1.82, 2.24) is 14.5 Å². The van der Waals surface area contributed by atoms with E-state index >= 15 is 0 Å². The molecule has 1 aromatic heterocycles. The Morgan fingerprint density at radius 3 is 2.70 bits per heavy atom. The molecule has 1 amide bonds. The second-order valence-electron chi connectivity index (χ2n) is 9.21. The predicted molar refractivity (Wildman–Crippen MR) is 126 cm³/mol. The van der Waals surface area contributed by atoms with Gasteiger partial charge in [0.2, 0.25) is 0 Å². The number of ether oxygens (including phenoxy) is 1. The highest BCUT2D eigenvalue weighted by atomic mass is 32.2. The minimum atomic E-state index is -3.57. The normalized spacial score (nSPS) is 24.3. The number of rotatable bonds is 7. The van der Waals surface area contributed by atoms with E-state index in [1.807, 2.05) is 0 Å². The zero-order chi connectivity index (χ0) is 23.6. The number of nitrogens with one attached hydrogen (secondary N) is 1. The largest absolute Gasteiger partial charge is 0.450 e. The van der Waals surface area contributed by atoms with Crippen molar-refractivity contribution in [2.45, 2.75) is 68.2 Å². The van der Waals surface area contributed by atoms with Gasteiger partial charge in [0.15, 0.2) is 0 Å². The van der Waals surface area contributed by atoms with E-state index in [0.29, 0.717) is 27.9 Å². The summed E-state index contributed by atoms with van der Waals surface area (Å²) in [5.74, 6) is -0.767. The second kappa shape index (κ2) is 9.85. The molecular weight excluding hydrogens is 462 g/mol. The minimum Gasteiger partial charge on any atom is -0.450 e. The van der Waals surface area contributed by atoms with Crippen molar-refractivity contribution in [2.75, 3.05) is 32.7 Å². The average Bonchev–Trinajstić information content (AvgIpc) is 3.41. The first kappa shape index (κ1) is 24.4. The monoisotopic (exact) mass is 495 g/mol. The van der Waals surface area contributed by atoms with Gasteiger partial charge in [0.05, 0.1) is 5.57 Å². The number of amides is 1. The number of carbonyl (C=O) groups is 2. The van der Waals surface area contributed by atoms with Crippen molar-refractivity contribution in [3.8, 4) is 0 Å². The first-order chi connectivity index (χ1) is 15.7. The standard InChI is InChI=1S/C23H33N3O5S2/c1-17-7-3-4-12-25(17)13-6-11-24-21(27)20-18(2)22(28)31-23(20)9-14-26(15-10-23)33(29,30)19-8-5-16-32-19/h5,8,16-17H,3-4,6-7,9-15H2,1-2H3,(H,24,27). The number of likely N-dealkylation sites (tertiary alicyclic amines) is 1. The van der Waals surface area contributed by atoms with Gasteiger partial charge in [0.25, 0.3) is 15.9 Å². The van der Waals surface area contributed by atoms with Crippen LogP contribution in [-0.2, 0) is 24.3 Å². The smallest absolute Gasteiger partial charge is 0.335 e. The third-order valence-electron chi connectivity index (χ3n) is 7.12. The number of hydrogen-bond acceptors (Lipinski definition) is 7. The molecule has 0 radical (unpaired) electrons. The summed E-state index contributed by atoms with van der Waals surface area (Å²) in [4.78, 5) is 28.0. The molecular formula is C23H33N3O5S2. The average molecular weight is 496 g/mol. The van der Waals surface area contributed by atoms with Gasteiger partial charge in [-0.1, -0.05) is 12.5 Å². The van der Waals surface area contributed by atoms with Crippen LogP contribution in [0.15, 0.2) is 32.9 Å². The molecule has 2 fully saturated rings. The predicted octanol–water partition coefficient (Wildman–Crippen LogP) is 2.53. The van der Waals surface area contributed by atoms with Crippen molar-refractivity contribution in [3.63, 3.8) is 0 Å². The topological polar surface area (TPSA) is 96.0 Å². The van der Waals surface area contributed by atoms with E-state index in [1.165, 1.54) is 34.9 Å². The summed E-state index contributed by atoms with van der Waals surface area (Å²) in [5.41, 5.74) is -0.354. The van der Waals surface area contributed by atoms with Crippen molar-refractivity contribution < 1.29 is 22.7 Å². The first-order valence-electron chi connectivity index (χ1n) is 11.8. The Labute approximate surface area is 200 Å². The van der Waals surface area contributed by atoms with E-state index in [1.54, 1.807) is 24.4 Å². The number of hydrogen-bond donors (Lipinski definition) is 1. The van der Waals surface area contributed by atoms with Crippen LogP contribution in [0.1, 0.15) is 52.4 Å². The Morgan fingerprint density at radius 1 is 1.27 bits per heavy atom. The third-order valence-corrected chi connectivity index (χ3v) is 10.4. The lowest BCUT2D eigenvalue weighted by atomic mass is 9.83. The van der Waals surface area contributed by atoms with Crippen LogP contribution in [0.25, 0.3) is 0 Å². The van der Waals surface area contributed by atoms with Crippen LogP contribution >= 0.6 is 11.3 Å². The molecule has 0 aliphatic carbocycles. The summed E-state index contributed by atoms with van der Waals surface area (Å²) in [7, 11) is -3.57. The van der Waals surface area contributed by atoms with E-state index in [4.69, 9.17) is 4.74 Å². The van der Waals surface area contributed by atoms with Gasteiger partial charge in [-0.3, -0.25) is 4.79 Å². The summed E-state index contributed by atoms with van der Waals surface area (Å²) in [6.45, 7) is 6.85. The Balaban J connectivity index is 1.37. The number of thiophene rings is 1. The van der Waals surface area contributed by atoms with Crippen molar-refractivity contribution in [1.29, 1.82) is 0 Å². The summed E-state index contributed by atoms with van der Waals surface area (Å²) in [6.07, 6.45) is 5.12. The summed E-state index contributed by atoms with van der Waals surface area (Å²) in [5, 5.41) is 4.71. The fourth-order valence-electron chi connectivity index (χ4n) is 5.17. The van der Waals surface area contributed by atoms with E-state index in [-0.39, 0.29) is 31.8 Å². The molecule has 0 saturated carbocycles. The number of nitrogens with zero attached hydrogens (tertiary/aromatic N) is 2. The van der Waals surface area contributed by atoms with Crippen LogP contribution in [0.4, 0.5) is 0 Å². The molecule has 2 saturated heterocycles. The minimum absolute atomic E-state index is 0.199. The Morgan fingerprint density at radius 2 is 2.03 bits per heavy atom. The number of carbonyl (C=O) groups excluding carboxylic acids is 2. The Bertz CT molecular complexity index is 1010. The summed E-state index contributed by atoms with van der Waals surface area (Å²) in [6, 6.07) is 3.88. The van der Waals surface area contributed by atoms with Gasteiger partial charge >= 0.3 is 5.97 Å². The van der Waals surface area contributed by atoms with E-state index < -0.39 is 21.6 Å². The molecule has 1 aromatic rings. The molecule has 0 bridgehead atoms. The highest BCUT2D eigenvalue weighted by molar-refractivity contribution is 7.91. The third kappa shape index (κ3) is 4.89. The van der Waals surface area contributed by atoms with Crippen molar-refractivity contribution in [2.24, 2.45) is 0 Å². The fraction of sp³-hybridized carbons (Fsp3) is 0.652. The zero-order valence-electron chi connectivity index (χ0n) is 19.3. The molecule has 3 aliphatic heterocycles. The van der Waals surface area contributed by atoms with Crippen LogP contribution in [0.2, 0.25) is 0 Å². The molecule has 10 heteroatoms. The molecule has 3 aliphatic rings. The Hall–Kier alpha value is -1.75. The van der Waals surface area contributed by atoms with Crippen molar-refractivity contribution in [3.05, 3.63) is 28.7 Å². The van der Waals surface area contributed by atoms with Gasteiger partial charge in [0, 0.05) is 50.6 Å². The van der Waals surface area contributed by atoms with Gasteiger partial charge in [-0.2, -0.15) is 4.31 Å². The lowest BCUT2D eigenvalue weighted by molar-refractivity contribution is -0.150. The SMILES string of the molecule is CC1=C(C(=O)NCCCN2CCCCC2C)C2(CCN(S(=O)(=O)c3cccs3)CC2)OC1=O. The highest BCUT2D eigenvalue weighted by Crippen LogP contribution is 2.42. The molecule has 1 atom stereocenters. The molecule has 1 unspecified atom stereocenters. The molecule has 1 N–H and O–H groups in total. The lowest BCUT2D eigenvalue weighted by Gasteiger charge is -2.38. The van der Waals surface area contributed by atoms with Gasteiger partial charge in [-0.15, -0.1) is 11.3 Å². The molecule has 8 nitrogen and oxygen atoms in total. The number of sulfonamides is 1. The number of piperidine rings is 2. The summed E-state index contributed by atoms with van der Waals surface area (Å²) >= 11 is 1.18. The molecule has 4 rings (SSSR count). The van der Waals surface area contributed by atoms with E-state index in [2.05, 4.69) is 17.1 Å². The fourth-order valence-corrected chi connectivity index (χ4v) is 7.75. The van der Waals surface area contributed by atoms with E-state index in [0.717, 1.165) is 19.5 Å². The maximum Gasteiger partial charge on any atom is 0.335 e. The Kier molecular flexibility index (Phi) is 7.28. The van der Waals surface area contributed by atoms with Crippen LogP contribution < -0.4 is 5.32 Å².